The molecule has 6 nitrogen and oxygen atoms in total. The average Bonchev–Trinajstić information content (AvgIpc) is 3.50. The van der Waals surface area contributed by atoms with Gasteiger partial charge < -0.3 is 9.30 Å². The van der Waals surface area contributed by atoms with E-state index in [-0.39, 0.29) is 5.57 Å². The van der Waals surface area contributed by atoms with Crippen molar-refractivity contribution in [2.75, 3.05) is 7.11 Å². The maximum atomic E-state index is 15.3. The molecule has 1 aromatic carbocycles. The van der Waals surface area contributed by atoms with Crippen LogP contribution >= 0.6 is 0 Å². The monoisotopic (exact) mass is 511 g/mol. The minimum Gasteiger partial charge on any atom is -0.501 e. The summed E-state index contributed by atoms with van der Waals surface area (Å²) in [5.74, 6) is -3.39. The zero-order valence-electron chi connectivity index (χ0n) is 20.4. The lowest BCUT2D eigenvalue weighted by Gasteiger charge is -2.22. The van der Waals surface area contributed by atoms with Crippen LogP contribution < -0.4 is 0 Å². The molecule has 3 aromatic rings. The Morgan fingerprint density at radius 3 is 2.54 bits per heavy atom. The number of benzene rings is 1. The molecule has 0 saturated heterocycles. The maximum Gasteiger partial charge on any atom is 0.194 e. The van der Waals surface area contributed by atoms with Crippen LogP contribution in [-0.4, -0.2) is 31.4 Å². The second kappa shape index (κ2) is 10.2. The van der Waals surface area contributed by atoms with E-state index in [9.17, 15) is 13.2 Å². The highest BCUT2D eigenvalue weighted by Crippen LogP contribution is 2.34. The molecule has 0 fully saturated rings. The number of aromatic nitrogens is 5. The molecule has 0 radical (unpaired) electrons. The van der Waals surface area contributed by atoms with Crippen LogP contribution in [0.3, 0.4) is 0 Å². The second-order valence-electron chi connectivity index (χ2n) is 9.05. The van der Waals surface area contributed by atoms with Gasteiger partial charge in [0.25, 0.3) is 0 Å². The number of ether oxygens (including phenoxy) is 1. The molecule has 192 valence electrons. The summed E-state index contributed by atoms with van der Waals surface area (Å²) in [6.45, 7) is 2.45. The predicted octanol–water partition coefficient (Wildman–Crippen LogP) is 6.23. The van der Waals surface area contributed by atoms with Gasteiger partial charge in [-0.3, -0.25) is 0 Å². The third-order valence-electron chi connectivity index (χ3n) is 6.53. The summed E-state index contributed by atoms with van der Waals surface area (Å²) in [5.41, 5.74) is 2.16. The van der Waals surface area contributed by atoms with Crippen LogP contribution in [0.2, 0.25) is 0 Å². The van der Waals surface area contributed by atoms with E-state index in [0.29, 0.717) is 55.2 Å². The van der Waals surface area contributed by atoms with Crippen LogP contribution in [-0.2, 0) is 11.3 Å². The number of halogens is 4. The summed E-state index contributed by atoms with van der Waals surface area (Å²) in [7, 11) is 1.55. The molecule has 37 heavy (non-hydrogen) atoms. The Bertz CT molecular complexity index is 1440. The Morgan fingerprint density at radius 2 is 1.84 bits per heavy atom. The molecule has 0 amide bonds. The van der Waals surface area contributed by atoms with Gasteiger partial charge in [0.05, 0.1) is 24.9 Å². The van der Waals surface area contributed by atoms with Crippen LogP contribution in [0.25, 0.3) is 11.8 Å². The van der Waals surface area contributed by atoms with Gasteiger partial charge in [0.2, 0.25) is 0 Å². The molecule has 2 aromatic heterocycles. The molecule has 5 rings (SSSR count). The van der Waals surface area contributed by atoms with Gasteiger partial charge in [0, 0.05) is 36.4 Å². The van der Waals surface area contributed by atoms with Gasteiger partial charge in [0.1, 0.15) is 11.7 Å². The fourth-order valence-corrected chi connectivity index (χ4v) is 4.63. The van der Waals surface area contributed by atoms with E-state index in [1.165, 1.54) is 6.08 Å². The summed E-state index contributed by atoms with van der Waals surface area (Å²) >= 11 is 0. The van der Waals surface area contributed by atoms with Gasteiger partial charge in [-0.2, -0.15) is 5.10 Å². The summed E-state index contributed by atoms with van der Waals surface area (Å²) in [4.78, 5) is 8.77. The van der Waals surface area contributed by atoms with Crippen molar-refractivity contribution in [1.82, 2.24) is 24.3 Å². The molecule has 1 aliphatic heterocycles. The predicted molar refractivity (Wildman–Crippen MR) is 130 cm³/mol. The number of methoxy groups -OCH3 is 1. The standard InChI is InChI=1S/C27H25F4N5O/c1-16-14-35(15-32-16)19-6-7-20(37-2)10-17(22(28)13-19)5-8-25-33-27-21(4-3-9-36(27)34-25)18-11-23(29)26(31)24(30)12-18/h5,8,10-15,21H,3-4,6-7,9H2,1-2H3/b8-5+,19-13+,20-10+,22-17+. The number of nitrogens with zero attached hydrogens (tertiary/aromatic N) is 5. The van der Waals surface area contributed by atoms with Gasteiger partial charge in [-0.25, -0.2) is 32.2 Å². The van der Waals surface area contributed by atoms with Gasteiger partial charge in [0.15, 0.2) is 23.3 Å². The van der Waals surface area contributed by atoms with Gasteiger partial charge in [-0.1, -0.05) is 0 Å². The number of fused-ring (bicyclic) bond motifs is 1. The smallest absolute Gasteiger partial charge is 0.194 e. The third-order valence-corrected chi connectivity index (χ3v) is 6.53. The average molecular weight is 512 g/mol. The van der Waals surface area contributed by atoms with Crippen molar-refractivity contribution >= 4 is 11.8 Å². The first kappa shape index (κ1) is 24.7. The molecule has 1 unspecified atom stereocenters. The van der Waals surface area contributed by atoms with E-state index in [1.54, 1.807) is 40.9 Å². The van der Waals surface area contributed by atoms with Crippen LogP contribution in [0.1, 0.15) is 54.5 Å². The molecule has 10 heteroatoms. The van der Waals surface area contributed by atoms with Gasteiger partial charge >= 0.3 is 0 Å². The fourth-order valence-electron chi connectivity index (χ4n) is 4.63. The highest BCUT2D eigenvalue weighted by Gasteiger charge is 2.27. The zero-order valence-corrected chi connectivity index (χ0v) is 20.4. The summed E-state index contributed by atoms with van der Waals surface area (Å²) in [5, 5.41) is 4.48. The van der Waals surface area contributed by atoms with E-state index >= 15 is 4.39 Å². The number of hydrogen-bond donors (Lipinski definition) is 0. The normalized spacial score (nSPS) is 23.1. The Kier molecular flexibility index (Phi) is 6.82. The number of hydrogen-bond acceptors (Lipinski definition) is 4. The number of rotatable bonds is 5. The quantitative estimate of drug-likeness (QED) is 0.301. The first-order valence-electron chi connectivity index (χ1n) is 12.0. The van der Waals surface area contributed by atoms with Crippen LogP contribution in [0.15, 0.2) is 60.0 Å². The van der Waals surface area contributed by atoms with Crippen molar-refractivity contribution in [3.63, 3.8) is 0 Å². The molecule has 0 bridgehead atoms. The van der Waals surface area contributed by atoms with Crippen molar-refractivity contribution in [1.29, 1.82) is 0 Å². The van der Waals surface area contributed by atoms with Gasteiger partial charge in [-0.05, 0) is 68.2 Å². The van der Waals surface area contributed by atoms with Crippen LogP contribution in [0.5, 0.6) is 0 Å². The van der Waals surface area contributed by atoms with Crippen molar-refractivity contribution in [2.45, 2.75) is 45.1 Å². The zero-order chi connectivity index (χ0) is 26.1. The number of allylic oxidation sites excluding steroid dienone is 7. The van der Waals surface area contributed by atoms with E-state index in [4.69, 9.17) is 4.74 Å². The second-order valence-corrected chi connectivity index (χ2v) is 9.05. The highest BCUT2D eigenvalue weighted by molar-refractivity contribution is 5.58. The van der Waals surface area contributed by atoms with Gasteiger partial charge in [-0.15, -0.1) is 0 Å². The molecule has 0 N–H and O–H groups in total. The minimum atomic E-state index is -1.50. The number of aryl methyl sites for hydroxylation is 2. The van der Waals surface area contributed by atoms with Crippen molar-refractivity contribution < 1.29 is 22.3 Å². The minimum absolute atomic E-state index is 0.290. The topological polar surface area (TPSA) is 57.8 Å². The summed E-state index contributed by atoms with van der Waals surface area (Å²) in [6, 6.07) is 2.00. The van der Waals surface area contributed by atoms with Crippen molar-refractivity contribution in [3.05, 3.63) is 100 Å². The first-order valence-corrected chi connectivity index (χ1v) is 12.0. The lowest BCUT2D eigenvalue weighted by Crippen LogP contribution is -2.18. The van der Waals surface area contributed by atoms with E-state index in [1.807, 2.05) is 13.1 Å². The highest BCUT2D eigenvalue weighted by atomic mass is 19.2. The molecule has 2 aliphatic rings. The Balaban J connectivity index is 1.47. The van der Waals surface area contributed by atoms with E-state index in [2.05, 4.69) is 15.1 Å². The van der Waals surface area contributed by atoms with Crippen LogP contribution in [0, 0.1) is 24.4 Å². The van der Waals surface area contributed by atoms with E-state index < -0.39 is 29.2 Å². The lowest BCUT2D eigenvalue weighted by molar-refractivity contribution is 0.277. The summed E-state index contributed by atoms with van der Waals surface area (Å²) in [6.07, 6.45) is 12.2. The van der Waals surface area contributed by atoms with E-state index in [0.717, 1.165) is 23.5 Å². The molecule has 3 heterocycles. The van der Waals surface area contributed by atoms with Crippen molar-refractivity contribution in [2.24, 2.45) is 0 Å². The largest absolute Gasteiger partial charge is 0.501 e. The molecule has 1 atom stereocenters. The fraction of sp³-hybridized carbons (Fsp3) is 0.296. The molecular weight excluding hydrogens is 486 g/mol. The SMILES string of the molecule is CO/C1=C/C(/C=C/c2nc3n(n2)CCCC3c2cc(F)c(F)c(F)c2)=C(F)\C=C(\n2cnc(C)c2)CC1. The number of imidazole rings is 1. The molecule has 0 spiro atoms. The maximum absolute atomic E-state index is 15.3. The Labute approximate surface area is 211 Å². The molecule has 0 saturated carbocycles. The van der Waals surface area contributed by atoms with Crippen LogP contribution in [0.4, 0.5) is 17.6 Å². The molecule has 1 aliphatic carbocycles. The lowest BCUT2D eigenvalue weighted by atomic mass is 9.91. The summed E-state index contributed by atoms with van der Waals surface area (Å²) < 4.78 is 65.4. The van der Waals surface area contributed by atoms with Crippen molar-refractivity contribution in [3.8, 4) is 0 Å². The molecular formula is C27H25F4N5O. The Morgan fingerprint density at radius 1 is 1.05 bits per heavy atom. The Hall–Kier alpha value is -3.95. The third kappa shape index (κ3) is 5.14. The first-order chi connectivity index (χ1) is 17.8.